The number of carbonyl (C=O) groups excluding carboxylic acids is 2. The molecule has 1 N–H and O–H groups in total. The number of aryl methyl sites for hydroxylation is 1. The number of rotatable bonds is 3. The van der Waals surface area contributed by atoms with Crippen LogP contribution in [0, 0.1) is 12.3 Å². The summed E-state index contributed by atoms with van der Waals surface area (Å²) in [6, 6.07) is 1.97. The average Bonchev–Trinajstić information content (AvgIpc) is 2.68. The van der Waals surface area contributed by atoms with Gasteiger partial charge < -0.3 is 19.5 Å². The molecule has 3 heterocycles. The van der Waals surface area contributed by atoms with E-state index in [0.717, 1.165) is 25.9 Å². The number of aromatic nitrogens is 1. The number of esters is 1. The van der Waals surface area contributed by atoms with E-state index in [-0.39, 0.29) is 35.6 Å². The van der Waals surface area contributed by atoms with E-state index < -0.39 is 5.41 Å². The van der Waals surface area contributed by atoms with Gasteiger partial charge >= 0.3 is 5.97 Å². The molecule has 2 saturated heterocycles. The molecule has 1 unspecified atom stereocenters. The van der Waals surface area contributed by atoms with Crippen LogP contribution in [0.3, 0.4) is 0 Å². The molecule has 27 heavy (non-hydrogen) atoms. The van der Waals surface area contributed by atoms with Gasteiger partial charge in [0.1, 0.15) is 5.56 Å². The minimum Gasteiger partial charge on any atom is -0.469 e. The minimum atomic E-state index is -0.723. The van der Waals surface area contributed by atoms with Gasteiger partial charge in [-0.3, -0.25) is 14.4 Å². The molecule has 1 atom stereocenters. The Bertz CT molecular complexity index is 782. The Morgan fingerprint density at radius 1 is 1.30 bits per heavy atom. The van der Waals surface area contributed by atoms with Gasteiger partial charge in [-0.2, -0.15) is 0 Å². The fraction of sp³-hybridized carbons (Fsp3) is 0.650. The van der Waals surface area contributed by atoms with Crippen LogP contribution in [-0.4, -0.2) is 54.6 Å². The first-order valence-electron chi connectivity index (χ1n) is 9.67. The Balaban J connectivity index is 1.90. The summed E-state index contributed by atoms with van der Waals surface area (Å²) in [6.45, 7) is 6.19. The molecule has 148 valence electrons. The molecular formula is C20H29N3O4. The SMILES string of the molecule is COC(=O)C1(C)CCCN(C(=O)c2c(C)ccn(C3CCNCC3)c2=O)C1. The molecule has 1 aromatic heterocycles. The Labute approximate surface area is 159 Å². The standard InChI is InChI=1S/C20H29N3O4/c1-14-7-12-23(15-5-9-21-10-6-15)18(25)16(14)17(24)22-11-4-8-20(2,13-22)19(26)27-3/h7,12,15,21H,4-6,8-11,13H2,1-3H3. The summed E-state index contributed by atoms with van der Waals surface area (Å²) >= 11 is 0. The fourth-order valence-corrected chi connectivity index (χ4v) is 4.26. The zero-order valence-electron chi connectivity index (χ0n) is 16.4. The predicted molar refractivity (Wildman–Crippen MR) is 102 cm³/mol. The highest BCUT2D eigenvalue weighted by Gasteiger charge is 2.41. The van der Waals surface area contributed by atoms with E-state index in [2.05, 4.69) is 5.32 Å². The number of ether oxygens (including phenoxy) is 1. The van der Waals surface area contributed by atoms with Crippen molar-refractivity contribution >= 4 is 11.9 Å². The molecule has 0 radical (unpaired) electrons. The Morgan fingerprint density at radius 2 is 2.00 bits per heavy atom. The van der Waals surface area contributed by atoms with E-state index >= 15 is 0 Å². The number of methoxy groups -OCH3 is 1. The normalized spacial score (nSPS) is 23.9. The molecule has 7 heteroatoms. The van der Waals surface area contributed by atoms with Crippen LogP contribution < -0.4 is 10.9 Å². The lowest BCUT2D eigenvalue weighted by molar-refractivity contribution is -0.154. The Kier molecular flexibility index (Phi) is 5.69. The van der Waals surface area contributed by atoms with Crippen molar-refractivity contribution in [3.63, 3.8) is 0 Å². The summed E-state index contributed by atoms with van der Waals surface area (Å²) < 4.78 is 6.64. The van der Waals surface area contributed by atoms with Crippen LogP contribution in [0.25, 0.3) is 0 Å². The van der Waals surface area contributed by atoms with Crippen LogP contribution in [0.5, 0.6) is 0 Å². The third-order valence-electron chi connectivity index (χ3n) is 5.91. The first-order valence-corrected chi connectivity index (χ1v) is 9.67. The van der Waals surface area contributed by atoms with Gasteiger partial charge in [0.05, 0.1) is 12.5 Å². The third kappa shape index (κ3) is 3.78. The Morgan fingerprint density at radius 3 is 2.67 bits per heavy atom. The van der Waals surface area contributed by atoms with Crippen LogP contribution in [0.15, 0.2) is 17.1 Å². The van der Waals surface area contributed by atoms with E-state index in [4.69, 9.17) is 4.74 Å². The van der Waals surface area contributed by atoms with Crippen molar-refractivity contribution in [2.24, 2.45) is 5.41 Å². The van der Waals surface area contributed by atoms with Gasteiger partial charge in [0.2, 0.25) is 0 Å². The second kappa shape index (κ2) is 7.84. The van der Waals surface area contributed by atoms with E-state index in [1.54, 1.807) is 22.6 Å². The summed E-state index contributed by atoms with van der Waals surface area (Å²) in [5.74, 6) is -0.590. The van der Waals surface area contributed by atoms with Gasteiger partial charge in [-0.25, -0.2) is 0 Å². The first-order chi connectivity index (χ1) is 12.9. The number of hydrogen-bond donors (Lipinski definition) is 1. The van der Waals surface area contributed by atoms with Crippen LogP contribution in [0.2, 0.25) is 0 Å². The van der Waals surface area contributed by atoms with Gasteiger partial charge in [-0.05, 0) is 64.3 Å². The molecule has 2 fully saturated rings. The quantitative estimate of drug-likeness (QED) is 0.810. The lowest BCUT2D eigenvalue weighted by Gasteiger charge is -2.38. The van der Waals surface area contributed by atoms with Gasteiger partial charge in [0.15, 0.2) is 0 Å². The van der Waals surface area contributed by atoms with Crippen molar-refractivity contribution in [1.82, 2.24) is 14.8 Å². The summed E-state index contributed by atoms with van der Waals surface area (Å²) in [5, 5.41) is 3.30. The summed E-state index contributed by atoms with van der Waals surface area (Å²) in [7, 11) is 1.37. The van der Waals surface area contributed by atoms with Gasteiger partial charge in [-0.1, -0.05) is 0 Å². The molecule has 1 amide bonds. The van der Waals surface area contributed by atoms with Gasteiger partial charge in [0.25, 0.3) is 11.5 Å². The second-order valence-corrected chi connectivity index (χ2v) is 7.95. The minimum absolute atomic E-state index is 0.118. The van der Waals surface area contributed by atoms with E-state index in [1.165, 1.54) is 7.11 Å². The van der Waals surface area contributed by atoms with Crippen molar-refractivity contribution < 1.29 is 14.3 Å². The number of hydrogen-bond acceptors (Lipinski definition) is 5. The van der Waals surface area contributed by atoms with Crippen molar-refractivity contribution in [2.45, 2.75) is 45.6 Å². The predicted octanol–water partition coefficient (Wildman–Crippen LogP) is 1.50. The smallest absolute Gasteiger partial charge is 0.313 e. The number of pyridine rings is 1. The van der Waals surface area contributed by atoms with Crippen molar-refractivity contribution in [2.75, 3.05) is 33.3 Å². The largest absolute Gasteiger partial charge is 0.469 e. The molecule has 7 nitrogen and oxygen atoms in total. The van der Waals surface area contributed by atoms with Crippen LogP contribution >= 0.6 is 0 Å². The number of piperidine rings is 2. The summed E-state index contributed by atoms with van der Waals surface area (Å²) in [5.41, 5.74) is -0.0396. The number of amides is 1. The van der Waals surface area contributed by atoms with Crippen molar-refractivity contribution in [3.05, 3.63) is 33.7 Å². The van der Waals surface area contributed by atoms with Gasteiger partial charge in [-0.15, -0.1) is 0 Å². The highest BCUT2D eigenvalue weighted by atomic mass is 16.5. The first kappa shape index (κ1) is 19.6. The van der Waals surface area contributed by atoms with E-state index in [0.29, 0.717) is 24.9 Å². The van der Waals surface area contributed by atoms with Crippen molar-refractivity contribution in [3.8, 4) is 0 Å². The highest BCUT2D eigenvalue weighted by molar-refractivity contribution is 5.95. The number of carbonyl (C=O) groups is 2. The molecule has 3 rings (SSSR count). The lowest BCUT2D eigenvalue weighted by atomic mass is 9.81. The van der Waals surface area contributed by atoms with Crippen LogP contribution in [0.1, 0.15) is 54.6 Å². The molecule has 0 spiro atoms. The maximum atomic E-state index is 13.2. The fourth-order valence-electron chi connectivity index (χ4n) is 4.26. The van der Waals surface area contributed by atoms with E-state index in [1.807, 2.05) is 13.0 Å². The number of nitrogens with zero attached hydrogens (tertiary/aromatic N) is 2. The molecule has 0 aromatic carbocycles. The number of likely N-dealkylation sites (tertiary alicyclic amines) is 1. The summed E-state index contributed by atoms with van der Waals surface area (Å²) in [6.07, 6.45) is 4.95. The summed E-state index contributed by atoms with van der Waals surface area (Å²) in [4.78, 5) is 40.1. The second-order valence-electron chi connectivity index (χ2n) is 7.95. The zero-order chi connectivity index (χ0) is 19.6. The topological polar surface area (TPSA) is 80.6 Å². The zero-order valence-corrected chi connectivity index (χ0v) is 16.4. The molecule has 2 aliphatic heterocycles. The molecule has 2 aliphatic rings. The van der Waals surface area contributed by atoms with Crippen molar-refractivity contribution in [1.29, 1.82) is 0 Å². The van der Waals surface area contributed by atoms with Gasteiger partial charge in [0, 0.05) is 25.3 Å². The lowest BCUT2D eigenvalue weighted by Crippen LogP contribution is -2.50. The maximum absolute atomic E-state index is 13.2. The van der Waals surface area contributed by atoms with E-state index in [9.17, 15) is 14.4 Å². The molecule has 0 aliphatic carbocycles. The maximum Gasteiger partial charge on any atom is 0.313 e. The van der Waals surface area contributed by atoms with Crippen LogP contribution in [-0.2, 0) is 9.53 Å². The van der Waals surface area contributed by atoms with Crippen LogP contribution in [0.4, 0.5) is 0 Å². The molecule has 0 saturated carbocycles. The number of nitrogens with one attached hydrogen (secondary N) is 1. The Hall–Kier alpha value is -2.15. The average molecular weight is 375 g/mol. The molecule has 0 bridgehead atoms. The monoisotopic (exact) mass is 375 g/mol. The third-order valence-corrected chi connectivity index (χ3v) is 5.91. The highest BCUT2D eigenvalue weighted by Crippen LogP contribution is 2.31. The molecule has 1 aromatic rings. The molecular weight excluding hydrogens is 346 g/mol.